The molecule has 1 atom stereocenters. The predicted octanol–water partition coefficient (Wildman–Crippen LogP) is 4.31. The Kier molecular flexibility index (Phi) is 3.95. The summed E-state index contributed by atoms with van der Waals surface area (Å²) in [5, 5.41) is 13.3. The molecule has 0 spiro atoms. The van der Waals surface area contributed by atoms with Crippen molar-refractivity contribution in [2.45, 2.75) is 32.3 Å². The molecular formula is C14H15ClFNOS. The number of halogens is 2. The van der Waals surface area contributed by atoms with E-state index in [1.807, 2.05) is 0 Å². The molecule has 0 saturated heterocycles. The summed E-state index contributed by atoms with van der Waals surface area (Å²) >= 11 is 7.47. The van der Waals surface area contributed by atoms with E-state index in [1.165, 1.54) is 29.5 Å². The SMILES string of the molecule is CC(C)(C)c1nc(C(O)c2cc(F)ccc2Cl)cs1. The molecule has 1 aromatic heterocycles. The maximum absolute atomic E-state index is 13.2. The van der Waals surface area contributed by atoms with Gasteiger partial charge in [0, 0.05) is 21.4 Å². The summed E-state index contributed by atoms with van der Waals surface area (Å²) < 4.78 is 13.2. The van der Waals surface area contributed by atoms with E-state index in [1.54, 1.807) is 5.38 Å². The highest BCUT2D eigenvalue weighted by atomic mass is 35.5. The van der Waals surface area contributed by atoms with Crippen LogP contribution in [-0.2, 0) is 5.41 Å². The highest BCUT2D eigenvalue weighted by Gasteiger charge is 2.22. The lowest BCUT2D eigenvalue weighted by molar-refractivity contribution is 0.215. The molecule has 1 unspecified atom stereocenters. The average Bonchev–Trinajstić information content (AvgIpc) is 2.80. The smallest absolute Gasteiger partial charge is 0.123 e. The minimum atomic E-state index is -1.00. The lowest BCUT2D eigenvalue weighted by Gasteiger charge is -2.14. The number of hydrogen-bond donors (Lipinski definition) is 1. The molecule has 0 radical (unpaired) electrons. The Morgan fingerprint density at radius 2 is 2.05 bits per heavy atom. The van der Waals surface area contributed by atoms with Crippen LogP contribution in [0.5, 0.6) is 0 Å². The van der Waals surface area contributed by atoms with E-state index in [4.69, 9.17) is 11.6 Å². The highest BCUT2D eigenvalue weighted by molar-refractivity contribution is 7.09. The van der Waals surface area contributed by atoms with Crippen LogP contribution in [0.3, 0.4) is 0 Å². The summed E-state index contributed by atoms with van der Waals surface area (Å²) in [6, 6.07) is 3.94. The lowest BCUT2D eigenvalue weighted by Crippen LogP contribution is -2.11. The number of aromatic nitrogens is 1. The van der Waals surface area contributed by atoms with Gasteiger partial charge in [-0.15, -0.1) is 11.3 Å². The number of benzene rings is 1. The quantitative estimate of drug-likeness (QED) is 0.896. The van der Waals surface area contributed by atoms with Crippen LogP contribution in [0, 0.1) is 5.82 Å². The number of aliphatic hydroxyl groups is 1. The fourth-order valence-corrected chi connectivity index (χ4v) is 2.79. The van der Waals surface area contributed by atoms with Gasteiger partial charge in [0.25, 0.3) is 0 Å². The van der Waals surface area contributed by atoms with Crippen molar-refractivity contribution in [3.8, 4) is 0 Å². The van der Waals surface area contributed by atoms with Gasteiger partial charge in [-0.2, -0.15) is 0 Å². The molecule has 5 heteroatoms. The minimum absolute atomic E-state index is 0.0750. The number of nitrogens with zero attached hydrogens (tertiary/aromatic N) is 1. The van der Waals surface area contributed by atoms with Gasteiger partial charge in [-0.05, 0) is 18.2 Å². The number of thiazole rings is 1. The van der Waals surface area contributed by atoms with Crippen LogP contribution in [0.15, 0.2) is 23.6 Å². The molecule has 1 aromatic carbocycles. The Balaban J connectivity index is 2.36. The second kappa shape index (κ2) is 5.19. The third kappa shape index (κ3) is 3.14. The van der Waals surface area contributed by atoms with Crippen molar-refractivity contribution in [2.24, 2.45) is 0 Å². The predicted molar refractivity (Wildman–Crippen MR) is 76.3 cm³/mol. The Morgan fingerprint density at radius 1 is 1.37 bits per heavy atom. The van der Waals surface area contributed by atoms with Gasteiger partial charge in [-0.3, -0.25) is 0 Å². The fraction of sp³-hybridized carbons (Fsp3) is 0.357. The fourth-order valence-electron chi connectivity index (χ4n) is 1.64. The van der Waals surface area contributed by atoms with Gasteiger partial charge in [-0.25, -0.2) is 9.37 Å². The van der Waals surface area contributed by atoms with Crippen molar-refractivity contribution in [1.29, 1.82) is 0 Å². The molecule has 19 heavy (non-hydrogen) atoms. The number of rotatable bonds is 2. The minimum Gasteiger partial charge on any atom is -0.382 e. The molecule has 0 aliphatic rings. The first-order chi connectivity index (χ1) is 8.79. The van der Waals surface area contributed by atoms with Gasteiger partial charge in [0.05, 0.1) is 10.7 Å². The van der Waals surface area contributed by atoms with Crippen molar-refractivity contribution in [2.75, 3.05) is 0 Å². The zero-order valence-corrected chi connectivity index (χ0v) is 12.5. The van der Waals surface area contributed by atoms with Gasteiger partial charge >= 0.3 is 0 Å². The zero-order chi connectivity index (χ0) is 14.2. The van der Waals surface area contributed by atoms with E-state index >= 15 is 0 Å². The first kappa shape index (κ1) is 14.4. The van der Waals surface area contributed by atoms with Crippen molar-refractivity contribution >= 4 is 22.9 Å². The van der Waals surface area contributed by atoms with Crippen molar-refractivity contribution in [1.82, 2.24) is 4.98 Å². The summed E-state index contributed by atoms with van der Waals surface area (Å²) in [5.74, 6) is -0.426. The van der Waals surface area contributed by atoms with Crippen molar-refractivity contribution < 1.29 is 9.50 Å². The Hall–Kier alpha value is -0.970. The van der Waals surface area contributed by atoms with E-state index in [0.29, 0.717) is 16.3 Å². The first-order valence-corrected chi connectivity index (χ1v) is 7.13. The molecule has 1 N–H and O–H groups in total. The third-order valence-corrected chi connectivity index (χ3v) is 4.33. The van der Waals surface area contributed by atoms with E-state index in [9.17, 15) is 9.50 Å². The van der Waals surface area contributed by atoms with Gasteiger partial charge in [0.2, 0.25) is 0 Å². The molecule has 0 bridgehead atoms. The third-order valence-electron chi connectivity index (χ3n) is 2.70. The van der Waals surface area contributed by atoms with Gasteiger partial charge in [0.15, 0.2) is 0 Å². The van der Waals surface area contributed by atoms with Crippen LogP contribution in [0.1, 0.15) is 43.1 Å². The van der Waals surface area contributed by atoms with Crippen LogP contribution in [-0.4, -0.2) is 10.1 Å². The second-order valence-electron chi connectivity index (χ2n) is 5.40. The van der Waals surface area contributed by atoms with Crippen LogP contribution in [0.25, 0.3) is 0 Å². The topological polar surface area (TPSA) is 33.1 Å². The maximum Gasteiger partial charge on any atom is 0.123 e. The molecule has 2 rings (SSSR count). The first-order valence-electron chi connectivity index (χ1n) is 5.88. The highest BCUT2D eigenvalue weighted by Crippen LogP contribution is 2.32. The largest absolute Gasteiger partial charge is 0.382 e. The summed E-state index contributed by atoms with van der Waals surface area (Å²) in [7, 11) is 0. The normalized spacial score (nSPS) is 13.6. The molecule has 102 valence electrons. The zero-order valence-electron chi connectivity index (χ0n) is 10.9. The molecule has 0 saturated carbocycles. The summed E-state index contributed by atoms with van der Waals surface area (Å²) in [5.41, 5.74) is 0.767. The summed E-state index contributed by atoms with van der Waals surface area (Å²) in [4.78, 5) is 4.42. The molecule has 0 aliphatic carbocycles. The van der Waals surface area contributed by atoms with Crippen LogP contribution < -0.4 is 0 Å². The van der Waals surface area contributed by atoms with E-state index in [2.05, 4.69) is 25.8 Å². The molecule has 0 fully saturated rings. The van der Waals surface area contributed by atoms with E-state index < -0.39 is 11.9 Å². The number of hydrogen-bond acceptors (Lipinski definition) is 3. The molecule has 2 aromatic rings. The molecule has 2 nitrogen and oxygen atoms in total. The summed E-state index contributed by atoms with van der Waals surface area (Å²) in [6.45, 7) is 6.16. The van der Waals surface area contributed by atoms with Crippen LogP contribution in [0.4, 0.5) is 4.39 Å². The summed E-state index contributed by atoms with van der Waals surface area (Å²) in [6.07, 6.45) is -1.00. The van der Waals surface area contributed by atoms with E-state index in [-0.39, 0.29) is 5.41 Å². The molecular weight excluding hydrogens is 285 g/mol. The maximum atomic E-state index is 13.2. The molecule has 0 amide bonds. The Labute approximate surface area is 120 Å². The number of aliphatic hydroxyl groups excluding tert-OH is 1. The van der Waals surface area contributed by atoms with Crippen molar-refractivity contribution in [3.63, 3.8) is 0 Å². The van der Waals surface area contributed by atoms with Crippen LogP contribution in [0.2, 0.25) is 5.02 Å². The second-order valence-corrected chi connectivity index (χ2v) is 6.66. The molecule has 0 aliphatic heterocycles. The lowest BCUT2D eigenvalue weighted by atomic mass is 9.98. The monoisotopic (exact) mass is 299 g/mol. The Morgan fingerprint density at radius 3 is 2.63 bits per heavy atom. The van der Waals surface area contributed by atoms with Gasteiger partial charge in [0.1, 0.15) is 11.9 Å². The average molecular weight is 300 g/mol. The van der Waals surface area contributed by atoms with Crippen molar-refractivity contribution in [3.05, 3.63) is 50.7 Å². The Bertz CT molecular complexity index is 591. The van der Waals surface area contributed by atoms with Gasteiger partial charge in [-0.1, -0.05) is 32.4 Å². The van der Waals surface area contributed by atoms with Crippen LogP contribution >= 0.6 is 22.9 Å². The van der Waals surface area contributed by atoms with E-state index in [0.717, 1.165) is 5.01 Å². The van der Waals surface area contributed by atoms with Gasteiger partial charge < -0.3 is 5.11 Å². The molecule has 1 heterocycles. The standard InChI is InChI=1S/C14H15ClFNOS/c1-14(2,3)13-17-11(7-19-13)12(18)9-6-8(16)4-5-10(9)15/h4-7,12,18H,1-3H3.